The zero-order chi connectivity index (χ0) is 35.3. The minimum atomic E-state index is -4.46. The summed E-state index contributed by atoms with van der Waals surface area (Å²) in [6.07, 6.45) is 2.68. The molecular formula is C36H49F3N2O7. The Labute approximate surface area is 280 Å². The first-order chi connectivity index (χ1) is 22.5. The number of aliphatic carboxylic acids is 1. The van der Waals surface area contributed by atoms with Crippen LogP contribution in [-0.2, 0) is 47.8 Å². The highest BCUT2D eigenvalue weighted by atomic mass is 19.4. The third kappa shape index (κ3) is 8.85. The van der Waals surface area contributed by atoms with E-state index in [0.29, 0.717) is 76.9 Å². The van der Waals surface area contributed by atoms with E-state index in [1.165, 1.54) is 6.07 Å². The lowest BCUT2D eigenvalue weighted by Crippen LogP contribution is -2.55. The smallest absolute Gasteiger partial charge is 0.416 e. The molecule has 48 heavy (non-hydrogen) atoms. The number of hydrogen-bond donors (Lipinski definition) is 2. The van der Waals surface area contributed by atoms with Crippen molar-refractivity contribution in [1.29, 1.82) is 0 Å². The van der Waals surface area contributed by atoms with Crippen LogP contribution < -0.4 is 5.32 Å². The molecule has 3 atom stereocenters. The highest BCUT2D eigenvalue weighted by Crippen LogP contribution is 2.53. The Morgan fingerprint density at radius 3 is 2.38 bits per heavy atom. The van der Waals surface area contributed by atoms with Crippen molar-refractivity contribution in [3.63, 3.8) is 0 Å². The van der Waals surface area contributed by atoms with Crippen LogP contribution in [0.5, 0.6) is 0 Å². The van der Waals surface area contributed by atoms with Crippen LogP contribution in [0.2, 0.25) is 0 Å². The fourth-order valence-corrected chi connectivity index (χ4v) is 7.25. The van der Waals surface area contributed by atoms with Gasteiger partial charge in [0, 0.05) is 51.2 Å². The molecule has 2 N–H and O–H groups in total. The number of ketones is 1. The van der Waals surface area contributed by atoms with Crippen molar-refractivity contribution in [3.05, 3.63) is 46.5 Å². The van der Waals surface area contributed by atoms with Gasteiger partial charge in [-0.3, -0.25) is 19.2 Å². The predicted molar refractivity (Wildman–Crippen MR) is 172 cm³/mol. The average molecular weight is 679 g/mol. The summed E-state index contributed by atoms with van der Waals surface area (Å²) < 4.78 is 50.2. The Hall–Kier alpha value is -3.25. The molecule has 2 heterocycles. The summed E-state index contributed by atoms with van der Waals surface area (Å²) in [5, 5.41) is 13.7. The van der Waals surface area contributed by atoms with Gasteiger partial charge in [-0.1, -0.05) is 11.6 Å². The Bertz CT molecular complexity index is 1380. The van der Waals surface area contributed by atoms with Crippen molar-refractivity contribution in [3.8, 4) is 0 Å². The largest absolute Gasteiger partial charge is 0.481 e. The molecular weight excluding hydrogens is 629 g/mol. The van der Waals surface area contributed by atoms with Gasteiger partial charge in [-0.25, -0.2) is 0 Å². The van der Waals surface area contributed by atoms with E-state index < -0.39 is 28.5 Å². The molecule has 2 saturated carbocycles. The third-order valence-corrected chi connectivity index (χ3v) is 10.5. The molecule has 5 rings (SSSR count). The molecule has 1 amide bonds. The van der Waals surface area contributed by atoms with Gasteiger partial charge in [-0.05, 0) is 102 Å². The zero-order valence-corrected chi connectivity index (χ0v) is 28.4. The average Bonchev–Trinajstić information content (AvgIpc) is 3.67. The summed E-state index contributed by atoms with van der Waals surface area (Å²) in [5.41, 5.74) is -0.768. The van der Waals surface area contributed by atoms with Crippen molar-refractivity contribution in [2.24, 2.45) is 16.7 Å². The molecule has 0 bridgehead atoms. The van der Waals surface area contributed by atoms with Gasteiger partial charge in [0.1, 0.15) is 12.4 Å². The summed E-state index contributed by atoms with van der Waals surface area (Å²) in [4.78, 5) is 50.2. The number of ether oxygens (including phenoxy) is 2. The number of esters is 1. The Morgan fingerprint density at radius 1 is 1.06 bits per heavy atom. The molecule has 2 aliphatic carbocycles. The molecule has 1 unspecified atom stereocenters. The summed E-state index contributed by atoms with van der Waals surface area (Å²) >= 11 is 0. The van der Waals surface area contributed by atoms with Crippen LogP contribution in [0.3, 0.4) is 0 Å². The van der Waals surface area contributed by atoms with E-state index in [9.17, 15) is 37.5 Å². The summed E-state index contributed by atoms with van der Waals surface area (Å²) in [6, 6.07) is 3.98. The second-order valence-corrected chi connectivity index (χ2v) is 14.4. The van der Waals surface area contributed by atoms with Gasteiger partial charge in [-0.2, -0.15) is 13.2 Å². The topological polar surface area (TPSA) is 122 Å². The van der Waals surface area contributed by atoms with Crippen molar-refractivity contribution in [2.45, 2.75) is 110 Å². The van der Waals surface area contributed by atoms with Crippen LogP contribution in [0, 0.1) is 16.7 Å². The van der Waals surface area contributed by atoms with Crippen LogP contribution in [0.25, 0.3) is 0 Å². The number of carboxylic acid groups (broad SMARTS) is 1. The van der Waals surface area contributed by atoms with Gasteiger partial charge >= 0.3 is 18.1 Å². The molecule has 2 aliphatic heterocycles. The van der Waals surface area contributed by atoms with Crippen molar-refractivity contribution in [2.75, 3.05) is 26.4 Å². The van der Waals surface area contributed by atoms with Gasteiger partial charge in [0.2, 0.25) is 5.91 Å². The SMILES string of the molecule is CC(C)(C(=O)O)[C@]1(C(=O)N2CCc3ccc(C(F)(F)F)cc3C2)CC[C@@H](NC2CCOCC2)C1.CC(C)=CCOC(=O)C1CCC(=O)C1. The molecule has 1 aromatic carbocycles. The number of alkyl halides is 3. The molecule has 3 fully saturated rings. The number of fused-ring (bicyclic) bond motifs is 1. The van der Waals surface area contributed by atoms with Crippen LogP contribution in [0.1, 0.15) is 95.8 Å². The fraction of sp³-hybridized carbons (Fsp3) is 0.667. The lowest BCUT2D eigenvalue weighted by Gasteiger charge is -2.44. The number of carbonyl (C=O) groups excluding carboxylic acids is 3. The molecule has 1 saturated heterocycles. The first-order valence-electron chi connectivity index (χ1n) is 16.9. The Kier molecular flexibility index (Phi) is 12.2. The van der Waals surface area contributed by atoms with E-state index in [4.69, 9.17) is 9.47 Å². The number of carbonyl (C=O) groups is 4. The number of nitrogens with one attached hydrogen (secondary N) is 1. The minimum absolute atomic E-state index is 0.0135. The number of hydrogen-bond acceptors (Lipinski definition) is 7. The standard InChI is InChI=1S/C25H33F3N2O4.C11H16O3/c1-23(2,22(32)33)24(9-5-20(14-24)29-19-7-11-34-12-8-19)21(31)30-10-6-16-3-4-18(25(26,27)28)13-17(16)15-30;1-8(2)5-6-14-11(13)9-3-4-10(12)7-9/h3-4,13,19-20,29H,5-12,14-15H2,1-2H3,(H,32,33);5,9H,3-4,6-7H2,1-2H3/t20-,24-;/m1./s1. The first-order valence-corrected chi connectivity index (χ1v) is 16.9. The summed E-state index contributed by atoms with van der Waals surface area (Å²) in [6.45, 7) is 9.23. The van der Waals surface area contributed by atoms with E-state index in [1.54, 1.807) is 18.7 Å². The van der Waals surface area contributed by atoms with Gasteiger partial charge in [0.15, 0.2) is 0 Å². The normalized spacial score (nSPS) is 24.7. The molecule has 0 aromatic heterocycles. The van der Waals surface area contributed by atoms with E-state index in [-0.39, 0.29) is 42.2 Å². The zero-order valence-electron chi connectivity index (χ0n) is 28.4. The maximum atomic E-state index is 14.0. The summed E-state index contributed by atoms with van der Waals surface area (Å²) in [7, 11) is 0. The summed E-state index contributed by atoms with van der Waals surface area (Å²) in [5.74, 6) is -1.54. The second-order valence-electron chi connectivity index (χ2n) is 14.4. The number of carboxylic acids is 1. The van der Waals surface area contributed by atoms with E-state index in [2.05, 4.69) is 5.32 Å². The highest BCUT2D eigenvalue weighted by molar-refractivity contribution is 5.91. The lowest BCUT2D eigenvalue weighted by atomic mass is 9.63. The highest BCUT2D eigenvalue weighted by Gasteiger charge is 2.60. The number of nitrogens with zero attached hydrogens (tertiary/aromatic N) is 1. The molecule has 9 nitrogen and oxygen atoms in total. The Morgan fingerprint density at radius 2 is 1.77 bits per heavy atom. The maximum absolute atomic E-state index is 14.0. The molecule has 266 valence electrons. The molecule has 12 heteroatoms. The number of halogens is 3. The quantitative estimate of drug-likeness (QED) is 0.259. The number of rotatable bonds is 8. The van der Waals surface area contributed by atoms with Crippen molar-refractivity contribution < 1.29 is 46.9 Å². The maximum Gasteiger partial charge on any atom is 0.416 e. The van der Waals surface area contributed by atoms with Crippen LogP contribution in [0.4, 0.5) is 13.2 Å². The van der Waals surface area contributed by atoms with Crippen LogP contribution in [-0.4, -0.2) is 72.1 Å². The number of Topliss-reactive ketones (excluding diaryl/α,β-unsaturated/α-hetero) is 1. The van der Waals surface area contributed by atoms with Gasteiger partial charge in [0.05, 0.1) is 22.3 Å². The molecule has 0 spiro atoms. The third-order valence-electron chi connectivity index (χ3n) is 10.5. The minimum Gasteiger partial charge on any atom is -0.481 e. The number of amides is 1. The number of benzene rings is 1. The van der Waals surface area contributed by atoms with Crippen molar-refractivity contribution >= 4 is 23.6 Å². The fourth-order valence-electron chi connectivity index (χ4n) is 7.25. The van der Waals surface area contributed by atoms with Crippen LogP contribution in [0.15, 0.2) is 29.8 Å². The second kappa shape index (κ2) is 15.5. The number of allylic oxidation sites excluding steroid dienone is 1. The van der Waals surface area contributed by atoms with E-state index in [0.717, 1.165) is 36.1 Å². The van der Waals surface area contributed by atoms with Crippen molar-refractivity contribution in [1.82, 2.24) is 10.2 Å². The molecule has 1 aromatic rings. The van der Waals surface area contributed by atoms with Gasteiger partial charge < -0.3 is 24.8 Å². The van der Waals surface area contributed by atoms with Gasteiger partial charge in [-0.15, -0.1) is 0 Å². The van der Waals surface area contributed by atoms with Crippen LogP contribution >= 0.6 is 0 Å². The molecule has 4 aliphatic rings. The van der Waals surface area contributed by atoms with Gasteiger partial charge in [0.25, 0.3) is 0 Å². The predicted octanol–water partition coefficient (Wildman–Crippen LogP) is 5.87. The lowest BCUT2D eigenvalue weighted by molar-refractivity contribution is -0.167. The monoisotopic (exact) mass is 678 g/mol. The Balaban J connectivity index is 0.000000312. The van der Waals surface area contributed by atoms with E-state index in [1.807, 2.05) is 19.9 Å². The molecule has 0 radical (unpaired) electrons. The van der Waals surface area contributed by atoms with E-state index >= 15 is 0 Å². The first kappa shape index (κ1) is 37.6.